The van der Waals surface area contributed by atoms with Crippen LogP contribution in [0.15, 0.2) is 30.5 Å². The third kappa shape index (κ3) is 3.10. The number of carbonyl (C=O) groups is 1. The normalized spacial score (nSPS) is 16.3. The van der Waals surface area contributed by atoms with Crippen molar-refractivity contribution < 1.29 is 19.0 Å². The second kappa shape index (κ2) is 5.51. The van der Waals surface area contributed by atoms with E-state index >= 15 is 0 Å². The topological polar surface area (TPSA) is 71.5 Å². The van der Waals surface area contributed by atoms with Gasteiger partial charge in [-0.05, 0) is 17.7 Å². The maximum Gasteiger partial charge on any atom is 0.230 e. The van der Waals surface area contributed by atoms with Gasteiger partial charge in [0.25, 0.3) is 0 Å². The zero-order chi connectivity index (χ0) is 14.9. The molecule has 2 N–H and O–H groups in total. The van der Waals surface area contributed by atoms with Crippen LogP contribution >= 0.6 is 11.3 Å². The highest BCUT2D eigenvalue weighted by atomic mass is 32.1. The molecule has 1 aliphatic rings. The number of hydrogen-bond donors (Lipinski definition) is 2. The fourth-order valence-corrected chi connectivity index (χ4v) is 2.83. The van der Waals surface area contributed by atoms with E-state index in [1.165, 1.54) is 23.5 Å². The molecule has 1 aromatic heterocycles. The van der Waals surface area contributed by atoms with Crippen LogP contribution in [-0.2, 0) is 21.6 Å². The minimum atomic E-state index is -0.975. The van der Waals surface area contributed by atoms with Gasteiger partial charge in [-0.2, -0.15) is 0 Å². The van der Waals surface area contributed by atoms with Crippen LogP contribution in [0, 0.1) is 5.82 Å². The lowest BCUT2D eigenvalue weighted by atomic mass is 10.0. The highest BCUT2D eigenvalue weighted by molar-refractivity contribution is 7.15. The number of rotatable bonds is 4. The first-order chi connectivity index (χ1) is 10.0. The molecule has 0 saturated carbocycles. The van der Waals surface area contributed by atoms with Crippen LogP contribution in [0.4, 0.5) is 9.52 Å². The molecule has 0 atom stereocenters. The number of nitrogens with one attached hydrogen (secondary N) is 1. The number of carbonyl (C=O) groups excluding carboxylic acids is 1. The third-order valence-electron chi connectivity index (χ3n) is 3.17. The van der Waals surface area contributed by atoms with Gasteiger partial charge >= 0.3 is 0 Å². The molecule has 5 nitrogen and oxygen atoms in total. The molecule has 0 bridgehead atoms. The second-order valence-corrected chi connectivity index (χ2v) is 5.94. The average molecular weight is 308 g/mol. The Morgan fingerprint density at radius 2 is 2.14 bits per heavy atom. The number of hydrogen-bond acceptors (Lipinski definition) is 5. The standard InChI is InChI=1S/C14H13FN2O3S/c15-10-3-1-9(2-4-10)5-12(18)17-13-16-6-11(21-13)14(19)7-20-8-14/h1-4,6,19H,5,7-8H2,(H,16,17,18). The number of benzene rings is 1. The predicted molar refractivity (Wildman–Crippen MR) is 75.6 cm³/mol. The summed E-state index contributed by atoms with van der Waals surface area (Å²) in [6.45, 7) is 0.496. The number of halogens is 1. The van der Waals surface area contributed by atoms with Crippen LogP contribution in [-0.4, -0.2) is 29.2 Å². The van der Waals surface area contributed by atoms with Crippen molar-refractivity contribution in [1.82, 2.24) is 4.98 Å². The first kappa shape index (κ1) is 14.1. The van der Waals surface area contributed by atoms with E-state index in [0.29, 0.717) is 10.0 Å². The molecule has 0 aliphatic carbocycles. The van der Waals surface area contributed by atoms with Crippen molar-refractivity contribution in [1.29, 1.82) is 0 Å². The van der Waals surface area contributed by atoms with Crippen molar-refractivity contribution in [2.75, 3.05) is 18.5 Å². The van der Waals surface area contributed by atoms with Gasteiger partial charge in [0, 0.05) is 6.20 Å². The monoisotopic (exact) mass is 308 g/mol. The minimum Gasteiger partial charge on any atom is -0.379 e. The van der Waals surface area contributed by atoms with Gasteiger partial charge in [0.2, 0.25) is 5.91 Å². The third-order valence-corrected chi connectivity index (χ3v) is 4.28. The molecule has 21 heavy (non-hydrogen) atoms. The van der Waals surface area contributed by atoms with Crippen molar-refractivity contribution in [2.45, 2.75) is 12.0 Å². The summed E-state index contributed by atoms with van der Waals surface area (Å²) in [6, 6.07) is 5.76. The molecular weight excluding hydrogens is 295 g/mol. The lowest BCUT2D eigenvalue weighted by molar-refractivity contribution is -0.182. The molecule has 2 aromatic rings. The fraction of sp³-hybridized carbons (Fsp3) is 0.286. The molecule has 1 fully saturated rings. The largest absolute Gasteiger partial charge is 0.379 e. The Hall–Kier alpha value is -1.83. The van der Waals surface area contributed by atoms with Gasteiger partial charge in [0.1, 0.15) is 11.4 Å². The van der Waals surface area contributed by atoms with Crippen LogP contribution < -0.4 is 5.32 Å². The average Bonchev–Trinajstić information content (AvgIpc) is 2.87. The number of aliphatic hydroxyl groups is 1. The van der Waals surface area contributed by atoms with Crippen LogP contribution in [0.1, 0.15) is 10.4 Å². The molecule has 1 aliphatic heterocycles. The molecule has 0 unspecified atom stereocenters. The summed E-state index contributed by atoms with van der Waals surface area (Å²) in [5.41, 5.74) is -0.255. The number of nitrogens with zero attached hydrogens (tertiary/aromatic N) is 1. The van der Waals surface area contributed by atoms with E-state index in [9.17, 15) is 14.3 Å². The number of ether oxygens (including phenoxy) is 1. The molecule has 3 rings (SSSR count). The maximum absolute atomic E-state index is 12.8. The van der Waals surface area contributed by atoms with E-state index in [-0.39, 0.29) is 31.4 Å². The molecule has 0 spiro atoms. The summed E-state index contributed by atoms with van der Waals surface area (Å²) in [5.74, 6) is -0.570. The number of amides is 1. The van der Waals surface area contributed by atoms with E-state index < -0.39 is 5.60 Å². The number of aromatic nitrogens is 1. The zero-order valence-electron chi connectivity index (χ0n) is 11.0. The summed E-state index contributed by atoms with van der Waals surface area (Å²) in [5, 5.41) is 13.2. The Labute approximate surface area is 124 Å². The summed E-state index contributed by atoms with van der Waals surface area (Å²) >= 11 is 1.22. The molecule has 1 aromatic carbocycles. The van der Waals surface area contributed by atoms with Crippen LogP contribution in [0.5, 0.6) is 0 Å². The first-order valence-corrected chi connectivity index (χ1v) is 7.17. The molecule has 0 radical (unpaired) electrons. The second-order valence-electron chi connectivity index (χ2n) is 4.91. The van der Waals surface area contributed by atoms with Gasteiger partial charge in [0.05, 0.1) is 24.5 Å². The minimum absolute atomic E-state index is 0.141. The van der Waals surface area contributed by atoms with Gasteiger partial charge in [-0.25, -0.2) is 9.37 Å². The van der Waals surface area contributed by atoms with E-state index in [2.05, 4.69) is 10.3 Å². The van der Waals surface area contributed by atoms with E-state index in [1.54, 1.807) is 18.3 Å². The van der Waals surface area contributed by atoms with Crippen molar-refractivity contribution >= 4 is 22.4 Å². The summed E-state index contributed by atoms with van der Waals surface area (Å²) < 4.78 is 17.8. The van der Waals surface area contributed by atoms with Gasteiger partial charge in [-0.3, -0.25) is 4.79 Å². The van der Waals surface area contributed by atoms with E-state index in [4.69, 9.17) is 4.74 Å². The SMILES string of the molecule is O=C(Cc1ccc(F)cc1)Nc1ncc(C2(O)COC2)s1. The van der Waals surface area contributed by atoms with Crippen molar-refractivity contribution in [3.8, 4) is 0 Å². The summed E-state index contributed by atoms with van der Waals surface area (Å²) in [4.78, 5) is 16.6. The van der Waals surface area contributed by atoms with Crippen LogP contribution in [0.2, 0.25) is 0 Å². The molecular formula is C14H13FN2O3S. The Morgan fingerprint density at radius 3 is 2.76 bits per heavy atom. The van der Waals surface area contributed by atoms with E-state index in [0.717, 1.165) is 5.56 Å². The summed E-state index contributed by atoms with van der Waals surface area (Å²) in [6.07, 6.45) is 1.68. The Kier molecular flexibility index (Phi) is 3.71. The van der Waals surface area contributed by atoms with Crippen LogP contribution in [0.25, 0.3) is 0 Å². The summed E-state index contributed by atoms with van der Waals surface area (Å²) in [7, 11) is 0. The smallest absolute Gasteiger partial charge is 0.230 e. The van der Waals surface area contributed by atoms with Gasteiger partial charge in [0.15, 0.2) is 5.13 Å². The fourth-order valence-electron chi connectivity index (χ4n) is 1.94. The molecule has 1 saturated heterocycles. The van der Waals surface area contributed by atoms with Crippen molar-refractivity contribution in [3.05, 3.63) is 46.7 Å². The number of anilines is 1. The first-order valence-electron chi connectivity index (χ1n) is 6.36. The molecule has 2 heterocycles. The van der Waals surface area contributed by atoms with Crippen molar-refractivity contribution in [2.24, 2.45) is 0 Å². The van der Waals surface area contributed by atoms with Gasteiger partial charge in [-0.15, -0.1) is 0 Å². The van der Waals surface area contributed by atoms with Gasteiger partial charge in [-0.1, -0.05) is 23.5 Å². The van der Waals surface area contributed by atoms with Crippen LogP contribution in [0.3, 0.4) is 0 Å². The Bertz CT molecular complexity index is 652. The number of thiazole rings is 1. The molecule has 7 heteroatoms. The quantitative estimate of drug-likeness (QED) is 0.901. The lowest BCUT2D eigenvalue weighted by Crippen LogP contribution is -2.45. The van der Waals surface area contributed by atoms with Crippen molar-refractivity contribution in [3.63, 3.8) is 0 Å². The maximum atomic E-state index is 12.8. The molecule has 1 amide bonds. The molecule has 110 valence electrons. The highest BCUT2D eigenvalue weighted by Crippen LogP contribution is 2.34. The van der Waals surface area contributed by atoms with Gasteiger partial charge < -0.3 is 15.2 Å². The zero-order valence-corrected chi connectivity index (χ0v) is 11.8. The highest BCUT2D eigenvalue weighted by Gasteiger charge is 2.39. The lowest BCUT2D eigenvalue weighted by Gasteiger charge is -2.34. The predicted octanol–water partition coefficient (Wildman–Crippen LogP) is 1.68. The Morgan fingerprint density at radius 1 is 1.43 bits per heavy atom. The Balaban J connectivity index is 1.61. The van der Waals surface area contributed by atoms with E-state index in [1.807, 2.05) is 0 Å².